The summed E-state index contributed by atoms with van der Waals surface area (Å²) in [5, 5.41) is 9.34. The van der Waals surface area contributed by atoms with Crippen molar-refractivity contribution in [3.05, 3.63) is 36.8 Å². The maximum atomic E-state index is 12.5. The van der Waals surface area contributed by atoms with Crippen LogP contribution in [0.15, 0.2) is 36.8 Å². The van der Waals surface area contributed by atoms with Gasteiger partial charge in [-0.1, -0.05) is 13.2 Å². The summed E-state index contributed by atoms with van der Waals surface area (Å²) in [6, 6.07) is -1.04. The van der Waals surface area contributed by atoms with E-state index in [4.69, 9.17) is 0 Å². The first kappa shape index (κ1) is 25.9. The number of nitrogens with one attached hydrogen (secondary N) is 4. The monoisotopic (exact) mass is 451 g/mol. The molecule has 0 saturated heterocycles. The van der Waals surface area contributed by atoms with Gasteiger partial charge >= 0.3 is 12.2 Å². The van der Waals surface area contributed by atoms with Crippen molar-refractivity contribution in [2.24, 2.45) is 0 Å². The van der Waals surface area contributed by atoms with Crippen molar-refractivity contribution in [3.8, 4) is 0 Å². The van der Waals surface area contributed by atoms with E-state index in [-0.39, 0.29) is 12.2 Å². The van der Waals surface area contributed by atoms with Gasteiger partial charge in [-0.3, -0.25) is 19.2 Å². The number of ether oxygens (including phenoxy) is 2. The molecule has 4 N–H and O–H groups in total. The molecule has 174 valence electrons. The van der Waals surface area contributed by atoms with Gasteiger partial charge in [0, 0.05) is 18.7 Å². The Labute approximate surface area is 183 Å². The maximum Gasteiger partial charge on any atom is 0.407 e. The first-order valence-corrected chi connectivity index (χ1v) is 9.33. The molecule has 0 radical (unpaired) electrons. The third-order valence-corrected chi connectivity index (χ3v) is 4.05. The van der Waals surface area contributed by atoms with Crippen LogP contribution in [0.2, 0.25) is 0 Å². The molecule has 13 heteroatoms. The lowest BCUT2D eigenvalue weighted by Crippen LogP contribution is -2.49. The topological polar surface area (TPSA) is 172 Å². The molecule has 6 amide bonds. The van der Waals surface area contributed by atoms with Crippen molar-refractivity contribution < 1.29 is 38.2 Å². The highest BCUT2D eigenvalue weighted by molar-refractivity contribution is 6.18. The molecule has 1 heterocycles. The summed E-state index contributed by atoms with van der Waals surface area (Å²) in [7, 11) is 2.36. The molecule has 32 heavy (non-hydrogen) atoms. The van der Waals surface area contributed by atoms with E-state index >= 15 is 0 Å². The van der Waals surface area contributed by atoms with Crippen molar-refractivity contribution in [2.75, 3.05) is 20.8 Å². The van der Waals surface area contributed by atoms with Crippen LogP contribution in [0.25, 0.3) is 0 Å². The zero-order valence-electron chi connectivity index (χ0n) is 17.7. The Bertz CT molecular complexity index is 833. The summed E-state index contributed by atoms with van der Waals surface area (Å²) in [6.07, 6.45) is 1.65. The van der Waals surface area contributed by atoms with Crippen molar-refractivity contribution in [3.63, 3.8) is 0 Å². The highest BCUT2D eigenvalue weighted by Gasteiger charge is 2.30. The molecule has 1 atom stereocenters. The molecule has 0 aromatic carbocycles. The Morgan fingerprint density at radius 3 is 2.12 bits per heavy atom. The number of carbonyl (C=O) groups excluding carboxylic acids is 6. The fourth-order valence-electron chi connectivity index (χ4n) is 2.45. The van der Waals surface area contributed by atoms with Gasteiger partial charge in [-0.15, -0.1) is 0 Å². The Morgan fingerprint density at radius 1 is 0.969 bits per heavy atom. The average Bonchev–Trinajstić information content (AvgIpc) is 3.09. The third-order valence-electron chi connectivity index (χ3n) is 4.05. The van der Waals surface area contributed by atoms with Crippen LogP contribution in [-0.4, -0.2) is 67.5 Å². The van der Waals surface area contributed by atoms with E-state index in [2.05, 4.69) is 43.9 Å². The second-order valence-corrected chi connectivity index (χ2v) is 6.32. The van der Waals surface area contributed by atoms with Gasteiger partial charge in [-0.05, 0) is 19.3 Å². The van der Waals surface area contributed by atoms with Crippen LogP contribution in [-0.2, 0) is 28.7 Å². The highest BCUT2D eigenvalue weighted by atomic mass is 16.5. The fourth-order valence-corrected chi connectivity index (χ4v) is 2.45. The molecule has 1 aliphatic heterocycles. The molecular formula is C19H25N5O8. The number of hydrogen-bond donors (Lipinski definition) is 4. The Balaban J connectivity index is 2.60. The minimum atomic E-state index is -1.04. The predicted octanol–water partition coefficient (Wildman–Crippen LogP) is -0.620. The zero-order chi connectivity index (χ0) is 24.3. The molecule has 1 unspecified atom stereocenters. The van der Waals surface area contributed by atoms with Gasteiger partial charge in [0.25, 0.3) is 17.7 Å². The van der Waals surface area contributed by atoms with E-state index in [1.54, 1.807) is 0 Å². The number of imide groups is 1. The van der Waals surface area contributed by atoms with Gasteiger partial charge in [0.05, 0.1) is 14.2 Å². The number of hydrogen-bond acceptors (Lipinski definition) is 8. The van der Waals surface area contributed by atoms with E-state index in [0.29, 0.717) is 24.3 Å². The normalized spacial score (nSPS) is 13.1. The first-order valence-electron chi connectivity index (χ1n) is 9.33. The Morgan fingerprint density at radius 2 is 1.56 bits per heavy atom. The van der Waals surface area contributed by atoms with Gasteiger partial charge in [-0.25, -0.2) is 14.5 Å². The average molecular weight is 451 g/mol. The Hall–Kier alpha value is -4.16. The molecule has 1 rings (SSSR count). The Kier molecular flexibility index (Phi) is 10.1. The van der Waals surface area contributed by atoms with Crippen LogP contribution in [0.5, 0.6) is 0 Å². The van der Waals surface area contributed by atoms with Crippen molar-refractivity contribution in [1.82, 2.24) is 26.2 Å². The van der Waals surface area contributed by atoms with Crippen molar-refractivity contribution in [1.29, 1.82) is 0 Å². The van der Waals surface area contributed by atoms with Gasteiger partial charge in [0.1, 0.15) is 17.6 Å². The van der Waals surface area contributed by atoms with E-state index in [9.17, 15) is 28.8 Å². The predicted molar refractivity (Wildman–Crippen MR) is 109 cm³/mol. The van der Waals surface area contributed by atoms with Crippen LogP contribution in [0.4, 0.5) is 9.59 Å². The number of amides is 6. The lowest BCUT2D eigenvalue weighted by molar-refractivity contribution is -0.137. The molecule has 0 spiro atoms. The lowest BCUT2D eigenvalue weighted by atomic mass is 10.1. The zero-order valence-corrected chi connectivity index (χ0v) is 17.7. The van der Waals surface area contributed by atoms with Crippen LogP contribution in [0.1, 0.15) is 19.3 Å². The number of carbonyl (C=O) groups is 6. The van der Waals surface area contributed by atoms with E-state index in [1.165, 1.54) is 7.11 Å². The molecule has 13 nitrogen and oxygen atoms in total. The van der Waals surface area contributed by atoms with Crippen molar-refractivity contribution in [2.45, 2.75) is 25.3 Å². The number of unbranched alkanes of at least 4 members (excludes halogenated alkanes) is 1. The first-order chi connectivity index (χ1) is 15.1. The largest absolute Gasteiger partial charge is 0.453 e. The molecule has 1 aliphatic rings. The second-order valence-electron chi connectivity index (χ2n) is 6.32. The maximum absolute atomic E-state index is 12.5. The molecule has 0 aliphatic carbocycles. The van der Waals surface area contributed by atoms with Gasteiger partial charge in [0.2, 0.25) is 5.91 Å². The van der Waals surface area contributed by atoms with E-state index in [0.717, 1.165) is 19.3 Å². The highest BCUT2D eigenvalue weighted by Crippen LogP contribution is 2.11. The summed E-state index contributed by atoms with van der Waals surface area (Å²) in [6.45, 7) is 7.18. The quantitative estimate of drug-likeness (QED) is 0.183. The lowest BCUT2D eigenvalue weighted by Gasteiger charge is -2.20. The summed E-state index contributed by atoms with van der Waals surface area (Å²) in [5.74, 6) is -3.37. The minimum absolute atomic E-state index is 0.181. The number of rotatable bonds is 11. The van der Waals surface area contributed by atoms with Crippen LogP contribution in [0.3, 0.4) is 0 Å². The second kappa shape index (κ2) is 12.5. The van der Waals surface area contributed by atoms with Gasteiger partial charge < -0.3 is 30.7 Å². The summed E-state index contributed by atoms with van der Waals surface area (Å²) < 4.78 is 8.94. The molecule has 0 bridgehead atoms. The van der Waals surface area contributed by atoms with Crippen LogP contribution in [0, 0.1) is 0 Å². The number of alkyl carbamates (subject to hydrolysis) is 2. The SMILES string of the molecule is C=C(NC(=O)C(=C)N1C(=O)C=CC1=O)NC(=O)C(CCCCNC(=O)OC)NC(=O)OC. The van der Waals surface area contributed by atoms with Gasteiger partial charge in [-0.2, -0.15) is 0 Å². The smallest absolute Gasteiger partial charge is 0.407 e. The molecule has 0 aromatic rings. The number of methoxy groups -OCH3 is 2. The summed E-state index contributed by atoms with van der Waals surface area (Å²) in [5.41, 5.74) is -0.456. The fraction of sp³-hybridized carbons (Fsp3) is 0.368. The van der Waals surface area contributed by atoms with Crippen LogP contribution >= 0.6 is 0 Å². The summed E-state index contributed by atoms with van der Waals surface area (Å²) >= 11 is 0. The van der Waals surface area contributed by atoms with E-state index in [1.807, 2.05) is 0 Å². The minimum Gasteiger partial charge on any atom is -0.453 e. The molecule has 0 saturated carbocycles. The van der Waals surface area contributed by atoms with E-state index < -0.39 is 47.6 Å². The summed E-state index contributed by atoms with van der Waals surface area (Å²) in [4.78, 5) is 71.1. The number of nitrogens with zero attached hydrogens (tertiary/aromatic N) is 1. The third kappa shape index (κ3) is 7.93. The molecule has 0 aromatic heterocycles. The molecular weight excluding hydrogens is 426 g/mol. The van der Waals surface area contributed by atoms with Crippen molar-refractivity contribution >= 4 is 35.8 Å². The van der Waals surface area contributed by atoms with Gasteiger partial charge in [0.15, 0.2) is 0 Å². The molecule has 0 fully saturated rings. The van der Waals surface area contributed by atoms with Crippen LogP contribution < -0.4 is 21.3 Å². The standard InChI is InChI=1S/C19H25N5O8/c1-11(24-14(25)8-9-15(24)26)16(27)21-12(2)22-17(28)13(23-19(30)32-4)7-5-6-10-20-18(29)31-3/h8-9,13H,1-2,5-7,10H2,3-4H3,(H,20,29)(H,21,27)(H,22,28)(H,23,30).